The molecule has 1 aromatic carbocycles. The average Bonchev–Trinajstić information content (AvgIpc) is 3.05. The molecule has 3 aromatic rings. The van der Waals surface area contributed by atoms with Gasteiger partial charge in [0, 0.05) is 0 Å². The van der Waals surface area contributed by atoms with Gasteiger partial charge < -0.3 is 5.32 Å². The van der Waals surface area contributed by atoms with Gasteiger partial charge in [0.2, 0.25) is 5.91 Å². The summed E-state index contributed by atoms with van der Waals surface area (Å²) in [5.41, 5.74) is 5.62. The number of nitrogens with zero attached hydrogens (tertiary/aromatic N) is 4. The Morgan fingerprint density at radius 2 is 1.77 bits per heavy atom. The zero-order valence-electron chi connectivity index (χ0n) is 15.4. The fourth-order valence-electron chi connectivity index (χ4n) is 2.80. The monoisotopic (exact) mass is 371 g/mol. The van der Waals surface area contributed by atoms with E-state index in [2.05, 4.69) is 46.7 Å². The fraction of sp³-hybridized carbons (Fsp3) is 0.316. The standard InChI is InChI=1S/C19H22ClN5O/c1-12-5-7-16(8-6-12)10-25-15(4)19(13(2)23-25)22-18(26)11-24-14(3)17(20)9-21-24/h5-9H,10-11H2,1-4H3,(H,22,26). The lowest BCUT2D eigenvalue weighted by molar-refractivity contribution is -0.116. The van der Waals surface area contributed by atoms with Crippen LogP contribution < -0.4 is 5.32 Å². The zero-order chi connectivity index (χ0) is 18.8. The van der Waals surface area contributed by atoms with Crippen LogP contribution in [0.3, 0.4) is 0 Å². The third-order valence-corrected chi connectivity index (χ3v) is 4.81. The molecule has 0 atom stereocenters. The molecule has 136 valence electrons. The molecule has 6 nitrogen and oxygen atoms in total. The van der Waals surface area contributed by atoms with Crippen LogP contribution >= 0.6 is 11.6 Å². The lowest BCUT2D eigenvalue weighted by atomic mass is 10.1. The molecule has 0 spiro atoms. The highest BCUT2D eigenvalue weighted by Gasteiger charge is 2.16. The topological polar surface area (TPSA) is 64.7 Å². The third kappa shape index (κ3) is 3.80. The van der Waals surface area contributed by atoms with Gasteiger partial charge in [-0.1, -0.05) is 41.4 Å². The Hall–Kier alpha value is -2.60. The smallest absolute Gasteiger partial charge is 0.246 e. The van der Waals surface area contributed by atoms with Crippen LogP contribution in [0.15, 0.2) is 30.5 Å². The van der Waals surface area contributed by atoms with E-state index in [0.29, 0.717) is 11.6 Å². The Balaban J connectivity index is 1.74. The number of hydrogen-bond acceptors (Lipinski definition) is 3. The largest absolute Gasteiger partial charge is 0.321 e. The van der Waals surface area contributed by atoms with Crippen molar-refractivity contribution in [3.05, 3.63) is 63.7 Å². The van der Waals surface area contributed by atoms with Crippen molar-refractivity contribution in [2.75, 3.05) is 5.32 Å². The summed E-state index contributed by atoms with van der Waals surface area (Å²) in [6.07, 6.45) is 1.54. The number of aromatic nitrogens is 4. The summed E-state index contributed by atoms with van der Waals surface area (Å²) in [5.74, 6) is -0.158. The fourth-order valence-corrected chi connectivity index (χ4v) is 2.94. The molecule has 0 saturated heterocycles. The second-order valence-corrected chi connectivity index (χ2v) is 6.88. The average molecular weight is 372 g/mol. The molecule has 2 heterocycles. The maximum Gasteiger partial charge on any atom is 0.246 e. The van der Waals surface area contributed by atoms with Gasteiger partial charge in [-0.05, 0) is 33.3 Å². The number of nitrogens with one attached hydrogen (secondary N) is 1. The van der Waals surface area contributed by atoms with Crippen LogP contribution in [0.2, 0.25) is 5.02 Å². The van der Waals surface area contributed by atoms with Gasteiger partial charge in [0.1, 0.15) is 6.54 Å². The zero-order valence-corrected chi connectivity index (χ0v) is 16.1. The molecule has 0 fully saturated rings. The van der Waals surface area contributed by atoms with Crippen molar-refractivity contribution in [1.82, 2.24) is 19.6 Å². The van der Waals surface area contributed by atoms with E-state index in [4.69, 9.17) is 11.6 Å². The van der Waals surface area contributed by atoms with Crippen molar-refractivity contribution < 1.29 is 4.79 Å². The number of rotatable bonds is 5. The Labute approximate surface area is 157 Å². The Morgan fingerprint density at radius 1 is 1.08 bits per heavy atom. The van der Waals surface area contributed by atoms with Gasteiger partial charge in [0.15, 0.2) is 0 Å². The van der Waals surface area contributed by atoms with E-state index in [0.717, 1.165) is 22.8 Å². The molecule has 0 unspecified atom stereocenters. The van der Waals surface area contributed by atoms with Crippen molar-refractivity contribution in [3.8, 4) is 0 Å². The van der Waals surface area contributed by atoms with E-state index in [1.54, 1.807) is 10.9 Å². The number of amides is 1. The van der Waals surface area contributed by atoms with E-state index in [1.807, 2.05) is 25.5 Å². The number of hydrogen-bond donors (Lipinski definition) is 1. The summed E-state index contributed by atoms with van der Waals surface area (Å²) in [6, 6.07) is 8.35. The van der Waals surface area contributed by atoms with Crippen LogP contribution in [0.25, 0.3) is 0 Å². The summed E-state index contributed by atoms with van der Waals surface area (Å²) in [4.78, 5) is 12.4. The molecular formula is C19H22ClN5O. The van der Waals surface area contributed by atoms with Gasteiger partial charge in [-0.25, -0.2) is 0 Å². The van der Waals surface area contributed by atoms with Crippen LogP contribution in [0.4, 0.5) is 5.69 Å². The number of aryl methyl sites for hydroxylation is 2. The lowest BCUT2D eigenvalue weighted by Crippen LogP contribution is -2.21. The highest BCUT2D eigenvalue weighted by Crippen LogP contribution is 2.21. The number of benzene rings is 1. The summed E-state index contributed by atoms with van der Waals surface area (Å²) in [6.45, 7) is 8.52. The Morgan fingerprint density at radius 3 is 2.38 bits per heavy atom. The van der Waals surface area contributed by atoms with Crippen LogP contribution in [-0.4, -0.2) is 25.5 Å². The van der Waals surface area contributed by atoms with Crippen LogP contribution in [0, 0.1) is 27.7 Å². The molecule has 0 aliphatic rings. The normalized spacial score (nSPS) is 11.0. The maximum atomic E-state index is 12.4. The highest BCUT2D eigenvalue weighted by atomic mass is 35.5. The quantitative estimate of drug-likeness (QED) is 0.744. The molecular weight excluding hydrogens is 350 g/mol. The maximum absolute atomic E-state index is 12.4. The summed E-state index contributed by atoms with van der Waals surface area (Å²) >= 11 is 5.99. The van der Waals surface area contributed by atoms with Gasteiger partial charge in [0.05, 0.1) is 40.5 Å². The molecule has 7 heteroatoms. The van der Waals surface area contributed by atoms with E-state index in [1.165, 1.54) is 11.1 Å². The highest BCUT2D eigenvalue weighted by molar-refractivity contribution is 6.31. The van der Waals surface area contributed by atoms with Crippen molar-refractivity contribution in [2.45, 2.75) is 40.8 Å². The first-order valence-corrected chi connectivity index (χ1v) is 8.80. The number of anilines is 1. The van der Waals surface area contributed by atoms with E-state index >= 15 is 0 Å². The lowest BCUT2D eigenvalue weighted by Gasteiger charge is -2.08. The van der Waals surface area contributed by atoms with E-state index in [-0.39, 0.29) is 12.5 Å². The van der Waals surface area contributed by atoms with Gasteiger partial charge >= 0.3 is 0 Å². The SMILES string of the molecule is Cc1ccc(Cn2nc(C)c(NC(=O)Cn3ncc(Cl)c3C)c2C)cc1. The minimum absolute atomic E-state index is 0.112. The van der Waals surface area contributed by atoms with Gasteiger partial charge in [-0.3, -0.25) is 14.2 Å². The van der Waals surface area contributed by atoms with E-state index in [9.17, 15) is 4.79 Å². The van der Waals surface area contributed by atoms with Crippen LogP contribution in [0.1, 0.15) is 28.2 Å². The Bertz CT molecular complexity index is 940. The molecule has 26 heavy (non-hydrogen) atoms. The molecule has 0 saturated carbocycles. The predicted octanol–water partition coefficient (Wildman–Crippen LogP) is 3.65. The van der Waals surface area contributed by atoms with Gasteiger partial charge in [-0.2, -0.15) is 10.2 Å². The predicted molar refractivity (Wildman–Crippen MR) is 103 cm³/mol. The summed E-state index contributed by atoms with van der Waals surface area (Å²) in [7, 11) is 0. The van der Waals surface area contributed by atoms with Gasteiger partial charge in [0.25, 0.3) is 0 Å². The first-order valence-electron chi connectivity index (χ1n) is 8.42. The second-order valence-electron chi connectivity index (χ2n) is 6.47. The summed E-state index contributed by atoms with van der Waals surface area (Å²) in [5, 5.41) is 12.2. The minimum Gasteiger partial charge on any atom is -0.321 e. The molecule has 0 aliphatic carbocycles. The molecule has 2 aromatic heterocycles. The third-order valence-electron chi connectivity index (χ3n) is 4.44. The summed E-state index contributed by atoms with van der Waals surface area (Å²) < 4.78 is 3.49. The first kappa shape index (κ1) is 18.2. The Kier molecular flexibility index (Phi) is 5.13. The molecule has 1 amide bonds. The first-order chi connectivity index (χ1) is 12.3. The molecule has 0 aliphatic heterocycles. The number of carbonyl (C=O) groups is 1. The second kappa shape index (κ2) is 7.33. The van der Waals surface area contributed by atoms with Crippen molar-refractivity contribution in [3.63, 3.8) is 0 Å². The molecule has 0 radical (unpaired) electrons. The molecule has 3 rings (SSSR count). The van der Waals surface area contributed by atoms with E-state index < -0.39 is 0 Å². The van der Waals surface area contributed by atoms with Gasteiger partial charge in [-0.15, -0.1) is 0 Å². The minimum atomic E-state index is -0.158. The molecule has 1 N–H and O–H groups in total. The van der Waals surface area contributed by atoms with Crippen molar-refractivity contribution >= 4 is 23.2 Å². The van der Waals surface area contributed by atoms with Crippen LogP contribution in [-0.2, 0) is 17.9 Å². The number of carbonyl (C=O) groups excluding carboxylic acids is 1. The van der Waals surface area contributed by atoms with Crippen molar-refractivity contribution in [2.24, 2.45) is 0 Å². The van der Waals surface area contributed by atoms with Crippen LogP contribution in [0.5, 0.6) is 0 Å². The van der Waals surface area contributed by atoms with Crippen molar-refractivity contribution in [1.29, 1.82) is 0 Å². The molecule has 0 bridgehead atoms. The number of halogens is 1.